The van der Waals surface area contributed by atoms with Gasteiger partial charge >= 0.3 is 0 Å². The monoisotopic (exact) mass is 157 g/mol. The van der Waals surface area contributed by atoms with Gasteiger partial charge in [-0.05, 0) is 6.92 Å². The Bertz CT molecular complexity index is 244. The Balaban J connectivity index is 2.93. The summed E-state index contributed by atoms with van der Waals surface area (Å²) in [6.45, 7) is 1.80. The van der Waals surface area contributed by atoms with E-state index in [2.05, 4.69) is 5.10 Å². The third-order valence-corrected chi connectivity index (χ3v) is 1.60. The van der Waals surface area contributed by atoms with Crippen LogP contribution in [0.1, 0.15) is 17.4 Å². The maximum absolute atomic E-state index is 13.0. The van der Waals surface area contributed by atoms with Crippen LogP contribution in [0.15, 0.2) is 6.20 Å². The van der Waals surface area contributed by atoms with E-state index < -0.39 is 6.17 Å². The molecule has 62 valence electrons. The van der Waals surface area contributed by atoms with E-state index in [9.17, 15) is 4.39 Å². The quantitative estimate of drug-likeness (QED) is 0.686. The van der Waals surface area contributed by atoms with Crippen molar-refractivity contribution in [3.8, 4) is 0 Å². The number of halogens is 1. The van der Waals surface area contributed by atoms with Gasteiger partial charge in [0.25, 0.3) is 0 Å². The predicted molar refractivity (Wildman–Crippen MR) is 40.8 cm³/mol. The zero-order valence-corrected chi connectivity index (χ0v) is 6.71. The second kappa shape index (κ2) is 3.00. The average molecular weight is 157 g/mol. The van der Waals surface area contributed by atoms with Crippen molar-refractivity contribution in [2.75, 3.05) is 6.54 Å². The summed E-state index contributed by atoms with van der Waals surface area (Å²) < 4.78 is 14.6. The number of hydrogen-bond donors (Lipinski definition) is 1. The van der Waals surface area contributed by atoms with Gasteiger partial charge in [0.2, 0.25) is 0 Å². The molecule has 0 fully saturated rings. The van der Waals surface area contributed by atoms with Crippen molar-refractivity contribution in [1.29, 1.82) is 0 Å². The van der Waals surface area contributed by atoms with Gasteiger partial charge in [-0.2, -0.15) is 5.10 Å². The first kappa shape index (κ1) is 8.20. The van der Waals surface area contributed by atoms with Crippen molar-refractivity contribution < 1.29 is 4.39 Å². The molecule has 0 aliphatic heterocycles. The molecule has 0 saturated carbocycles. The van der Waals surface area contributed by atoms with Gasteiger partial charge in [-0.25, -0.2) is 4.39 Å². The van der Waals surface area contributed by atoms with Crippen molar-refractivity contribution in [3.05, 3.63) is 17.5 Å². The average Bonchev–Trinajstić information content (AvgIpc) is 2.28. The van der Waals surface area contributed by atoms with Crippen LogP contribution in [0.5, 0.6) is 0 Å². The fourth-order valence-electron chi connectivity index (χ4n) is 1.05. The van der Waals surface area contributed by atoms with Crippen LogP contribution in [-0.2, 0) is 7.05 Å². The molecule has 0 bridgehead atoms. The van der Waals surface area contributed by atoms with Crippen LogP contribution in [0.25, 0.3) is 0 Å². The van der Waals surface area contributed by atoms with Crippen molar-refractivity contribution in [1.82, 2.24) is 9.78 Å². The van der Waals surface area contributed by atoms with Crippen LogP contribution in [0.3, 0.4) is 0 Å². The van der Waals surface area contributed by atoms with Gasteiger partial charge in [-0.3, -0.25) is 4.68 Å². The summed E-state index contributed by atoms with van der Waals surface area (Å²) >= 11 is 0. The van der Waals surface area contributed by atoms with Crippen LogP contribution >= 0.6 is 0 Å². The molecular weight excluding hydrogens is 145 g/mol. The van der Waals surface area contributed by atoms with Crippen LogP contribution in [-0.4, -0.2) is 16.3 Å². The maximum Gasteiger partial charge on any atom is 0.141 e. The van der Waals surface area contributed by atoms with Crippen molar-refractivity contribution in [2.24, 2.45) is 12.8 Å². The number of alkyl halides is 1. The largest absolute Gasteiger partial charge is 0.327 e. The lowest BCUT2D eigenvalue weighted by atomic mass is 10.2. The molecule has 4 heteroatoms. The Morgan fingerprint density at radius 2 is 2.45 bits per heavy atom. The molecule has 2 N–H and O–H groups in total. The summed E-state index contributed by atoms with van der Waals surface area (Å²) in [6, 6.07) is 0. The number of aryl methyl sites for hydroxylation is 2. The highest BCUT2D eigenvalue weighted by molar-refractivity contribution is 5.18. The number of nitrogens with two attached hydrogens (primary N) is 1. The van der Waals surface area contributed by atoms with E-state index in [0.29, 0.717) is 11.3 Å². The number of nitrogens with zero attached hydrogens (tertiary/aromatic N) is 2. The SMILES string of the molecule is Cc1nn(C)cc1C(F)CN. The van der Waals surface area contributed by atoms with Gasteiger partial charge in [-0.15, -0.1) is 0 Å². The molecule has 0 aromatic carbocycles. The molecule has 1 aromatic heterocycles. The van der Waals surface area contributed by atoms with Crippen LogP contribution < -0.4 is 5.73 Å². The molecule has 0 aliphatic rings. The zero-order valence-electron chi connectivity index (χ0n) is 6.71. The zero-order chi connectivity index (χ0) is 8.43. The Morgan fingerprint density at radius 1 is 1.82 bits per heavy atom. The lowest BCUT2D eigenvalue weighted by Crippen LogP contribution is -2.07. The lowest BCUT2D eigenvalue weighted by Gasteiger charge is -2.00. The minimum absolute atomic E-state index is 0.0204. The summed E-state index contributed by atoms with van der Waals surface area (Å²) in [4.78, 5) is 0. The summed E-state index contributed by atoms with van der Waals surface area (Å²) in [5.74, 6) is 0. The molecule has 0 aliphatic carbocycles. The van der Waals surface area contributed by atoms with Crippen LogP contribution in [0.4, 0.5) is 4.39 Å². The maximum atomic E-state index is 13.0. The summed E-state index contributed by atoms with van der Waals surface area (Å²) in [5.41, 5.74) is 6.48. The number of hydrogen-bond acceptors (Lipinski definition) is 2. The minimum atomic E-state index is -1.08. The molecule has 0 radical (unpaired) electrons. The number of aromatic nitrogens is 2. The summed E-state index contributed by atoms with van der Waals surface area (Å²) in [7, 11) is 1.76. The molecule has 3 nitrogen and oxygen atoms in total. The smallest absolute Gasteiger partial charge is 0.141 e. The molecule has 1 heterocycles. The standard InChI is InChI=1S/C7H12FN3/c1-5-6(7(8)3-9)4-11(2)10-5/h4,7H,3,9H2,1-2H3. The second-order valence-electron chi connectivity index (χ2n) is 2.55. The van der Waals surface area contributed by atoms with Gasteiger partial charge in [0, 0.05) is 25.4 Å². The predicted octanol–water partition coefficient (Wildman–Crippen LogP) is 0.698. The van der Waals surface area contributed by atoms with Crippen LogP contribution in [0.2, 0.25) is 0 Å². The van der Waals surface area contributed by atoms with E-state index in [4.69, 9.17) is 5.73 Å². The topological polar surface area (TPSA) is 43.8 Å². The van der Waals surface area contributed by atoms with E-state index in [0.717, 1.165) is 0 Å². The van der Waals surface area contributed by atoms with E-state index in [-0.39, 0.29) is 6.54 Å². The van der Waals surface area contributed by atoms with Gasteiger partial charge in [0.05, 0.1) is 5.69 Å². The third-order valence-electron chi connectivity index (χ3n) is 1.60. The molecule has 0 amide bonds. The molecular formula is C7H12FN3. The molecule has 1 rings (SSSR count). The van der Waals surface area contributed by atoms with E-state index >= 15 is 0 Å². The number of rotatable bonds is 2. The summed E-state index contributed by atoms with van der Waals surface area (Å²) in [5, 5.41) is 4.00. The van der Waals surface area contributed by atoms with Gasteiger partial charge < -0.3 is 5.73 Å². The van der Waals surface area contributed by atoms with Crippen molar-refractivity contribution >= 4 is 0 Å². The highest BCUT2D eigenvalue weighted by Crippen LogP contribution is 2.18. The van der Waals surface area contributed by atoms with E-state index in [1.54, 1.807) is 24.9 Å². The Morgan fingerprint density at radius 3 is 2.82 bits per heavy atom. The fraction of sp³-hybridized carbons (Fsp3) is 0.571. The Hall–Kier alpha value is -0.900. The molecule has 0 saturated heterocycles. The van der Waals surface area contributed by atoms with Gasteiger partial charge in [-0.1, -0.05) is 0 Å². The first-order valence-electron chi connectivity index (χ1n) is 3.49. The molecule has 11 heavy (non-hydrogen) atoms. The lowest BCUT2D eigenvalue weighted by molar-refractivity contribution is 0.351. The molecule has 1 atom stereocenters. The molecule has 1 unspecified atom stereocenters. The third kappa shape index (κ3) is 1.57. The van der Waals surface area contributed by atoms with E-state index in [1.807, 2.05) is 0 Å². The van der Waals surface area contributed by atoms with Crippen molar-refractivity contribution in [3.63, 3.8) is 0 Å². The van der Waals surface area contributed by atoms with Crippen LogP contribution in [0, 0.1) is 6.92 Å². The highest BCUT2D eigenvalue weighted by atomic mass is 19.1. The normalized spacial score (nSPS) is 13.5. The fourth-order valence-corrected chi connectivity index (χ4v) is 1.05. The minimum Gasteiger partial charge on any atom is -0.327 e. The summed E-state index contributed by atoms with van der Waals surface area (Å²) in [6.07, 6.45) is 0.580. The first-order chi connectivity index (χ1) is 5.15. The molecule has 0 spiro atoms. The van der Waals surface area contributed by atoms with Gasteiger partial charge in [0.15, 0.2) is 0 Å². The van der Waals surface area contributed by atoms with Gasteiger partial charge in [0.1, 0.15) is 6.17 Å². The second-order valence-corrected chi connectivity index (χ2v) is 2.55. The Kier molecular flexibility index (Phi) is 2.24. The Labute approximate surface area is 65.0 Å². The first-order valence-corrected chi connectivity index (χ1v) is 3.49. The highest BCUT2D eigenvalue weighted by Gasteiger charge is 2.12. The van der Waals surface area contributed by atoms with Crippen molar-refractivity contribution in [2.45, 2.75) is 13.1 Å². The van der Waals surface area contributed by atoms with E-state index in [1.165, 1.54) is 0 Å². The molecule has 1 aromatic rings.